The molecule has 1 atom stereocenters. The summed E-state index contributed by atoms with van der Waals surface area (Å²) >= 11 is 5.70. The third kappa shape index (κ3) is 3.17. The van der Waals surface area contributed by atoms with Gasteiger partial charge >= 0.3 is 0 Å². The van der Waals surface area contributed by atoms with E-state index in [4.69, 9.17) is 17.4 Å². The molecular formula is C12H16ClFN2. The summed E-state index contributed by atoms with van der Waals surface area (Å²) in [6.45, 7) is 0. The fourth-order valence-corrected chi connectivity index (χ4v) is 2.08. The second-order valence-electron chi connectivity index (χ2n) is 4.48. The van der Waals surface area contributed by atoms with Gasteiger partial charge in [0.2, 0.25) is 0 Å². The number of benzene rings is 1. The first-order valence-corrected chi connectivity index (χ1v) is 5.97. The molecule has 88 valence electrons. The molecule has 1 fully saturated rings. The molecule has 1 saturated carbocycles. The quantitative estimate of drug-likeness (QED) is 0.615. The molecule has 0 saturated heterocycles. The fourth-order valence-electron chi connectivity index (χ4n) is 1.92. The average Bonchev–Trinajstić information content (AvgIpc) is 3.04. The molecule has 0 heterocycles. The van der Waals surface area contributed by atoms with Crippen molar-refractivity contribution >= 4 is 11.6 Å². The Labute approximate surface area is 99.9 Å². The van der Waals surface area contributed by atoms with Gasteiger partial charge in [0.1, 0.15) is 5.82 Å². The van der Waals surface area contributed by atoms with Crippen LogP contribution in [0.5, 0.6) is 0 Å². The van der Waals surface area contributed by atoms with E-state index in [-0.39, 0.29) is 11.9 Å². The van der Waals surface area contributed by atoms with Gasteiger partial charge in [0.25, 0.3) is 0 Å². The summed E-state index contributed by atoms with van der Waals surface area (Å²) in [4.78, 5) is 0. The third-order valence-corrected chi connectivity index (χ3v) is 3.27. The Morgan fingerprint density at radius 3 is 2.81 bits per heavy atom. The van der Waals surface area contributed by atoms with Crippen LogP contribution in [0.15, 0.2) is 18.2 Å². The average molecular weight is 243 g/mol. The van der Waals surface area contributed by atoms with Gasteiger partial charge in [-0.1, -0.05) is 30.5 Å². The molecule has 1 aliphatic carbocycles. The molecule has 0 radical (unpaired) electrons. The van der Waals surface area contributed by atoms with E-state index in [2.05, 4.69) is 5.43 Å². The highest BCUT2D eigenvalue weighted by atomic mass is 35.5. The van der Waals surface area contributed by atoms with Gasteiger partial charge in [-0.15, -0.1) is 0 Å². The zero-order valence-corrected chi connectivity index (χ0v) is 9.80. The monoisotopic (exact) mass is 242 g/mol. The van der Waals surface area contributed by atoms with E-state index in [0.717, 1.165) is 12.3 Å². The predicted molar refractivity (Wildman–Crippen MR) is 63.6 cm³/mol. The molecule has 0 aromatic heterocycles. The second-order valence-corrected chi connectivity index (χ2v) is 4.92. The van der Waals surface area contributed by atoms with Gasteiger partial charge in [-0.05, 0) is 36.5 Å². The van der Waals surface area contributed by atoms with E-state index in [1.165, 1.54) is 18.9 Å². The van der Waals surface area contributed by atoms with Crippen LogP contribution in [0.1, 0.15) is 24.8 Å². The Kier molecular flexibility index (Phi) is 3.79. The number of halogens is 2. The van der Waals surface area contributed by atoms with E-state index in [9.17, 15) is 4.39 Å². The van der Waals surface area contributed by atoms with Gasteiger partial charge in [-0.2, -0.15) is 0 Å². The van der Waals surface area contributed by atoms with Crippen LogP contribution in [0.3, 0.4) is 0 Å². The first kappa shape index (κ1) is 11.8. The van der Waals surface area contributed by atoms with Gasteiger partial charge in [0.05, 0.1) is 0 Å². The van der Waals surface area contributed by atoms with Crippen LogP contribution in [0.25, 0.3) is 0 Å². The Morgan fingerprint density at radius 2 is 2.25 bits per heavy atom. The van der Waals surface area contributed by atoms with Crippen molar-refractivity contribution in [3.63, 3.8) is 0 Å². The summed E-state index contributed by atoms with van der Waals surface area (Å²) in [6.07, 6.45) is 4.21. The van der Waals surface area contributed by atoms with Gasteiger partial charge in [0, 0.05) is 11.1 Å². The maximum atomic E-state index is 13.5. The molecule has 0 aliphatic heterocycles. The second kappa shape index (κ2) is 5.13. The Hall–Kier alpha value is -0.640. The largest absolute Gasteiger partial charge is 0.271 e. The lowest BCUT2D eigenvalue weighted by Gasteiger charge is -2.15. The van der Waals surface area contributed by atoms with Gasteiger partial charge < -0.3 is 0 Å². The van der Waals surface area contributed by atoms with Crippen molar-refractivity contribution < 1.29 is 4.39 Å². The van der Waals surface area contributed by atoms with Gasteiger partial charge in [-0.3, -0.25) is 11.3 Å². The van der Waals surface area contributed by atoms with Crippen molar-refractivity contribution in [1.29, 1.82) is 0 Å². The molecule has 2 rings (SSSR count). The molecule has 1 aliphatic rings. The van der Waals surface area contributed by atoms with E-state index in [1.54, 1.807) is 12.1 Å². The minimum Gasteiger partial charge on any atom is -0.271 e. The standard InChI is InChI=1S/C12H16ClFN2/c13-10-4-3-9(12(14)7-10)6-11(16-15)5-8-1-2-8/h3-4,7-8,11,16H,1-2,5-6,15H2. The maximum absolute atomic E-state index is 13.5. The van der Waals surface area contributed by atoms with Crippen LogP contribution in [-0.4, -0.2) is 6.04 Å². The molecule has 1 aromatic carbocycles. The van der Waals surface area contributed by atoms with E-state index in [0.29, 0.717) is 17.0 Å². The molecule has 0 amide bonds. The lowest BCUT2D eigenvalue weighted by atomic mass is 10.0. The molecule has 0 spiro atoms. The summed E-state index contributed by atoms with van der Waals surface area (Å²) < 4.78 is 13.5. The zero-order valence-electron chi connectivity index (χ0n) is 9.05. The number of rotatable bonds is 5. The molecule has 16 heavy (non-hydrogen) atoms. The van der Waals surface area contributed by atoms with Crippen molar-refractivity contribution in [2.75, 3.05) is 0 Å². The summed E-state index contributed by atoms with van der Waals surface area (Å²) in [5.41, 5.74) is 3.44. The number of hydrogen-bond acceptors (Lipinski definition) is 2. The van der Waals surface area contributed by atoms with E-state index >= 15 is 0 Å². The summed E-state index contributed by atoms with van der Waals surface area (Å²) in [5.74, 6) is 6.01. The summed E-state index contributed by atoms with van der Waals surface area (Å²) in [5, 5.41) is 0.431. The number of nitrogens with two attached hydrogens (primary N) is 1. The van der Waals surface area contributed by atoms with Crippen molar-refractivity contribution in [2.45, 2.75) is 31.7 Å². The maximum Gasteiger partial charge on any atom is 0.127 e. The molecule has 1 unspecified atom stereocenters. The fraction of sp³-hybridized carbons (Fsp3) is 0.500. The minimum atomic E-state index is -0.247. The van der Waals surface area contributed by atoms with Crippen LogP contribution in [0, 0.1) is 11.7 Å². The van der Waals surface area contributed by atoms with Crippen LogP contribution >= 0.6 is 11.6 Å². The highest BCUT2D eigenvalue weighted by Gasteiger charge is 2.25. The topological polar surface area (TPSA) is 38.0 Å². The van der Waals surface area contributed by atoms with Crippen molar-refractivity contribution in [2.24, 2.45) is 11.8 Å². The molecule has 3 N–H and O–H groups in total. The smallest absolute Gasteiger partial charge is 0.127 e. The first-order chi connectivity index (χ1) is 7.69. The molecular weight excluding hydrogens is 227 g/mol. The Morgan fingerprint density at radius 1 is 1.50 bits per heavy atom. The SMILES string of the molecule is NNC(Cc1ccc(Cl)cc1F)CC1CC1. The minimum absolute atomic E-state index is 0.156. The molecule has 2 nitrogen and oxygen atoms in total. The lowest BCUT2D eigenvalue weighted by molar-refractivity contribution is 0.457. The normalized spacial score (nSPS) is 17.4. The first-order valence-electron chi connectivity index (χ1n) is 5.59. The van der Waals surface area contributed by atoms with Crippen molar-refractivity contribution in [3.8, 4) is 0 Å². The van der Waals surface area contributed by atoms with E-state index < -0.39 is 0 Å². The number of hydrogen-bond donors (Lipinski definition) is 2. The van der Waals surface area contributed by atoms with Crippen molar-refractivity contribution in [1.82, 2.24) is 5.43 Å². The van der Waals surface area contributed by atoms with Crippen molar-refractivity contribution in [3.05, 3.63) is 34.6 Å². The van der Waals surface area contributed by atoms with E-state index in [1.807, 2.05) is 0 Å². The summed E-state index contributed by atoms with van der Waals surface area (Å²) in [7, 11) is 0. The highest BCUT2D eigenvalue weighted by molar-refractivity contribution is 6.30. The number of nitrogens with one attached hydrogen (secondary N) is 1. The number of hydrazine groups is 1. The predicted octanol–water partition coefficient (Wildman–Crippen LogP) is 2.65. The van der Waals surface area contributed by atoms with Gasteiger partial charge in [-0.25, -0.2) is 4.39 Å². The van der Waals surface area contributed by atoms with Gasteiger partial charge in [0.15, 0.2) is 0 Å². The third-order valence-electron chi connectivity index (χ3n) is 3.03. The van der Waals surface area contributed by atoms with Crippen LogP contribution in [0.4, 0.5) is 4.39 Å². The van der Waals surface area contributed by atoms with Crippen LogP contribution in [-0.2, 0) is 6.42 Å². The molecule has 1 aromatic rings. The molecule has 4 heteroatoms. The molecule has 0 bridgehead atoms. The van der Waals surface area contributed by atoms with Crippen LogP contribution < -0.4 is 11.3 Å². The van der Waals surface area contributed by atoms with Crippen LogP contribution in [0.2, 0.25) is 5.02 Å². The summed E-state index contributed by atoms with van der Waals surface area (Å²) in [6, 6.07) is 4.95. The zero-order chi connectivity index (χ0) is 11.5. The Balaban J connectivity index is 1.99. The lowest BCUT2D eigenvalue weighted by Crippen LogP contribution is -2.37. The Bertz CT molecular complexity index is 366. The highest BCUT2D eigenvalue weighted by Crippen LogP contribution is 2.34.